The number of hydrogen-bond acceptors (Lipinski definition) is 1. The van der Waals surface area contributed by atoms with Crippen molar-refractivity contribution in [2.24, 2.45) is 0 Å². The van der Waals surface area contributed by atoms with E-state index in [2.05, 4.69) is 75.4 Å². The molecule has 2 heteroatoms. The molecule has 4 rings (SSSR count). The standard InChI is InChI=1S/C23H21O.Zr/c1-14-10-19-12-20(22-11-15(2)17(4)24-22)13-21(19)23(16(14)3)18-8-6-5-7-9-18;/h5-13H,1-4H3;/q-1;. The van der Waals surface area contributed by atoms with Crippen LogP contribution in [-0.2, 0) is 26.2 Å². The number of furan rings is 1. The van der Waals surface area contributed by atoms with Crippen molar-refractivity contribution in [1.29, 1.82) is 0 Å². The van der Waals surface area contributed by atoms with E-state index in [-0.39, 0.29) is 26.2 Å². The third-order valence-electron chi connectivity index (χ3n) is 5.04. The minimum Gasteiger partial charge on any atom is -0.496 e. The fourth-order valence-corrected chi connectivity index (χ4v) is 3.44. The molecule has 1 aromatic heterocycles. The van der Waals surface area contributed by atoms with Gasteiger partial charge in [0, 0.05) is 26.2 Å². The largest absolute Gasteiger partial charge is 0.496 e. The van der Waals surface area contributed by atoms with Crippen molar-refractivity contribution >= 4 is 10.8 Å². The summed E-state index contributed by atoms with van der Waals surface area (Å²) in [6, 6.07) is 19.6. The molecule has 25 heavy (non-hydrogen) atoms. The van der Waals surface area contributed by atoms with Gasteiger partial charge in [0.1, 0.15) is 0 Å². The average Bonchev–Trinajstić information content (AvgIpc) is 3.13. The molecule has 0 bridgehead atoms. The quantitative estimate of drug-likeness (QED) is 0.338. The second-order valence-electron chi connectivity index (χ2n) is 6.66. The SMILES string of the molecule is Cc1cc(-c2cc3c(-c4ccccc4)c(C)c(C)cc3[cH-]2)oc1C.[Zr]. The Balaban J connectivity index is 0.00000182. The van der Waals surface area contributed by atoms with Crippen molar-refractivity contribution < 1.29 is 30.6 Å². The van der Waals surface area contributed by atoms with E-state index in [1.807, 2.05) is 6.92 Å². The maximum absolute atomic E-state index is 5.94. The molecule has 0 amide bonds. The van der Waals surface area contributed by atoms with Crippen LogP contribution >= 0.6 is 0 Å². The van der Waals surface area contributed by atoms with E-state index in [1.54, 1.807) is 0 Å². The fraction of sp³-hybridized carbons (Fsp3) is 0.174. The van der Waals surface area contributed by atoms with Crippen molar-refractivity contribution in [1.82, 2.24) is 0 Å². The topological polar surface area (TPSA) is 13.1 Å². The van der Waals surface area contributed by atoms with Gasteiger partial charge in [0.2, 0.25) is 0 Å². The van der Waals surface area contributed by atoms with Gasteiger partial charge >= 0.3 is 0 Å². The summed E-state index contributed by atoms with van der Waals surface area (Å²) < 4.78 is 5.94. The number of fused-ring (bicyclic) bond motifs is 1. The van der Waals surface area contributed by atoms with Gasteiger partial charge in [-0.15, -0.1) is 29.0 Å². The summed E-state index contributed by atoms with van der Waals surface area (Å²) in [5.74, 6) is 1.95. The molecule has 0 aliphatic rings. The molecule has 0 fully saturated rings. The van der Waals surface area contributed by atoms with Crippen LogP contribution in [0.3, 0.4) is 0 Å². The Morgan fingerprint density at radius 1 is 0.840 bits per heavy atom. The second kappa shape index (κ2) is 6.85. The minimum absolute atomic E-state index is 0. The molecule has 0 N–H and O–H groups in total. The van der Waals surface area contributed by atoms with Crippen molar-refractivity contribution in [3.05, 3.63) is 77.0 Å². The Morgan fingerprint density at radius 3 is 2.20 bits per heavy atom. The summed E-state index contributed by atoms with van der Waals surface area (Å²) in [6.45, 7) is 8.51. The zero-order valence-electron chi connectivity index (χ0n) is 15.1. The Hall–Kier alpha value is -1.79. The van der Waals surface area contributed by atoms with Crippen molar-refractivity contribution in [3.63, 3.8) is 0 Å². The van der Waals surface area contributed by atoms with Crippen LogP contribution < -0.4 is 0 Å². The second-order valence-corrected chi connectivity index (χ2v) is 6.66. The maximum Gasteiger partial charge on any atom is 0.0925 e. The first-order chi connectivity index (χ1) is 11.5. The zero-order valence-corrected chi connectivity index (χ0v) is 17.6. The molecule has 0 aliphatic heterocycles. The molecule has 1 heterocycles. The van der Waals surface area contributed by atoms with E-state index in [0.717, 1.165) is 17.1 Å². The van der Waals surface area contributed by atoms with Crippen LogP contribution in [0.2, 0.25) is 0 Å². The summed E-state index contributed by atoms with van der Waals surface area (Å²) in [6.07, 6.45) is 0. The molecule has 0 aliphatic carbocycles. The van der Waals surface area contributed by atoms with Crippen LogP contribution in [-0.4, -0.2) is 0 Å². The first-order valence-electron chi connectivity index (χ1n) is 8.38. The number of hydrogen-bond donors (Lipinski definition) is 0. The predicted octanol–water partition coefficient (Wildman–Crippen LogP) is 6.72. The van der Waals surface area contributed by atoms with Crippen LogP contribution in [0.4, 0.5) is 0 Å². The van der Waals surface area contributed by atoms with Gasteiger partial charge in [-0.3, -0.25) is 0 Å². The Morgan fingerprint density at radius 2 is 1.56 bits per heavy atom. The molecule has 0 atom stereocenters. The summed E-state index contributed by atoms with van der Waals surface area (Å²) in [5, 5.41) is 2.57. The van der Waals surface area contributed by atoms with E-state index in [4.69, 9.17) is 4.42 Å². The summed E-state index contributed by atoms with van der Waals surface area (Å²) in [7, 11) is 0. The van der Waals surface area contributed by atoms with E-state index in [1.165, 1.54) is 38.6 Å². The molecular weight excluding hydrogens is 383 g/mol. The van der Waals surface area contributed by atoms with Gasteiger partial charge in [-0.25, -0.2) is 0 Å². The van der Waals surface area contributed by atoms with Gasteiger partial charge in [-0.2, -0.15) is 0 Å². The molecule has 0 unspecified atom stereocenters. The Bertz CT molecular complexity index is 1020. The van der Waals surface area contributed by atoms with Crippen molar-refractivity contribution in [3.8, 4) is 22.5 Å². The van der Waals surface area contributed by atoms with Gasteiger partial charge in [-0.05, 0) is 50.5 Å². The van der Waals surface area contributed by atoms with Crippen LogP contribution in [0, 0.1) is 27.7 Å². The van der Waals surface area contributed by atoms with Crippen molar-refractivity contribution in [2.45, 2.75) is 27.7 Å². The van der Waals surface area contributed by atoms with Crippen LogP contribution in [0.5, 0.6) is 0 Å². The summed E-state index contributed by atoms with van der Waals surface area (Å²) in [5.41, 5.74) is 7.63. The monoisotopic (exact) mass is 403 g/mol. The molecule has 0 saturated carbocycles. The van der Waals surface area contributed by atoms with Gasteiger partial charge < -0.3 is 4.42 Å². The molecule has 0 radical (unpaired) electrons. The van der Waals surface area contributed by atoms with Gasteiger partial charge in [0.05, 0.1) is 11.5 Å². The Kier molecular flexibility index (Phi) is 4.93. The fourth-order valence-electron chi connectivity index (χ4n) is 3.44. The summed E-state index contributed by atoms with van der Waals surface area (Å²) >= 11 is 0. The minimum atomic E-state index is 0. The number of benzene rings is 2. The molecule has 1 nitrogen and oxygen atoms in total. The normalized spacial score (nSPS) is 10.9. The summed E-state index contributed by atoms with van der Waals surface area (Å²) in [4.78, 5) is 0. The maximum atomic E-state index is 5.94. The van der Waals surface area contributed by atoms with E-state index in [9.17, 15) is 0 Å². The predicted molar refractivity (Wildman–Crippen MR) is 102 cm³/mol. The third-order valence-corrected chi connectivity index (χ3v) is 5.04. The smallest absolute Gasteiger partial charge is 0.0925 e. The van der Waals surface area contributed by atoms with Crippen molar-refractivity contribution in [2.75, 3.05) is 0 Å². The zero-order chi connectivity index (χ0) is 16.8. The third kappa shape index (κ3) is 3.09. The average molecular weight is 405 g/mol. The van der Waals surface area contributed by atoms with E-state index >= 15 is 0 Å². The molecule has 124 valence electrons. The van der Waals surface area contributed by atoms with Gasteiger partial charge in [-0.1, -0.05) is 47.0 Å². The number of rotatable bonds is 2. The molecule has 4 aromatic rings. The van der Waals surface area contributed by atoms with Crippen LogP contribution in [0.15, 0.2) is 59.0 Å². The van der Waals surface area contributed by atoms with Crippen LogP contribution in [0.1, 0.15) is 22.5 Å². The molecule has 0 saturated heterocycles. The first kappa shape index (κ1) is 18.0. The van der Waals surface area contributed by atoms with Gasteiger partial charge in [0.15, 0.2) is 0 Å². The van der Waals surface area contributed by atoms with Gasteiger partial charge in [0.25, 0.3) is 0 Å². The molecule has 0 spiro atoms. The molecule has 3 aromatic carbocycles. The first-order valence-corrected chi connectivity index (χ1v) is 8.38. The van der Waals surface area contributed by atoms with Crippen LogP contribution in [0.25, 0.3) is 33.2 Å². The Labute approximate surface area is 168 Å². The van der Waals surface area contributed by atoms with E-state index in [0.29, 0.717) is 0 Å². The molecular formula is C23H21OZr-. The van der Waals surface area contributed by atoms with E-state index < -0.39 is 0 Å². The number of aryl methyl sites for hydroxylation is 3.